The zero-order valence-electron chi connectivity index (χ0n) is 12.2. The van der Waals surface area contributed by atoms with Crippen molar-refractivity contribution in [3.05, 3.63) is 23.8 Å². The number of methoxy groups -OCH3 is 2. The number of nitrogens with one attached hydrogen (secondary N) is 1. The minimum absolute atomic E-state index is 0.295. The molecule has 1 aromatic rings. The van der Waals surface area contributed by atoms with Gasteiger partial charge in [-0.2, -0.15) is 11.8 Å². The van der Waals surface area contributed by atoms with Gasteiger partial charge in [-0.15, -0.1) is 0 Å². The Hall–Kier alpha value is -1.89. The molecular weight excluding hydrogens is 294 g/mol. The van der Waals surface area contributed by atoms with E-state index in [4.69, 9.17) is 14.6 Å². The van der Waals surface area contributed by atoms with E-state index in [-0.39, 0.29) is 5.91 Å². The molecular formula is C14H19NO5S. The Bertz CT molecular complexity index is 506. The molecule has 0 spiro atoms. The SMILES string of the molecule is COc1ccc(CSC[C@H](NC(C)=O)C(=O)O)cc1OC. The van der Waals surface area contributed by atoms with Crippen LogP contribution in [0, 0.1) is 0 Å². The smallest absolute Gasteiger partial charge is 0.327 e. The van der Waals surface area contributed by atoms with Gasteiger partial charge >= 0.3 is 5.97 Å². The van der Waals surface area contributed by atoms with E-state index in [1.807, 2.05) is 12.1 Å². The molecule has 6 nitrogen and oxygen atoms in total. The minimum atomic E-state index is -1.04. The maximum Gasteiger partial charge on any atom is 0.327 e. The number of thioether (sulfide) groups is 1. The lowest BCUT2D eigenvalue weighted by molar-refractivity contribution is -0.140. The quantitative estimate of drug-likeness (QED) is 0.757. The van der Waals surface area contributed by atoms with Crippen molar-refractivity contribution in [1.29, 1.82) is 0 Å². The first-order chi connectivity index (χ1) is 9.97. The molecule has 1 rings (SSSR count). The molecule has 0 bridgehead atoms. The van der Waals surface area contributed by atoms with E-state index in [1.165, 1.54) is 18.7 Å². The summed E-state index contributed by atoms with van der Waals surface area (Å²) in [6, 6.07) is 4.66. The standard InChI is InChI=1S/C14H19NO5S/c1-9(16)15-11(14(17)18)8-21-7-10-4-5-12(19-2)13(6-10)20-3/h4-6,11H,7-8H2,1-3H3,(H,15,16)(H,17,18)/t11-/m0/s1. The van der Waals surface area contributed by atoms with Crippen molar-refractivity contribution in [3.8, 4) is 11.5 Å². The third kappa shape index (κ3) is 5.55. The van der Waals surface area contributed by atoms with Crippen LogP contribution in [0.15, 0.2) is 18.2 Å². The molecule has 0 heterocycles. The average Bonchev–Trinajstić information content (AvgIpc) is 2.45. The minimum Gasteiger partial charge on any atom is -0.493 e. The summed E-state index contributed by atoms with van der Waals surface area (Å²) in [5.41, 5.74) is 0.990. The molecule has 1 aromatic carbocycles. The van der Waals surface area contributed by atoms with Crippen molar-refractivity contribution < 1.29 is 24.2 Å². The van der Waals surface area contributed by atoms with E-state index >= 15 is 0 Å². The highest BCUT2D eigenvalue weighted by molar-refractivity contribution is 7.98. The lowest BCUT2D eigenvalue weighted by atomic mass is 10.2. The second-order valence-electron chi connectivity index (χ2n) is 4.30. The summed E-state index contributed by atoms with van der Waals surface area (Å²) in [7, 11) is 3.13. The second-order valence-corrected chi connectivity index (χ2v) is 5.33. The van der Waals surface area contributed by atoms with Crippen LogP contribution in [0.25, 0.3) is 0 Å². The summed E-state index contributed by atoms with van der Waals surface area (Å²) >= 11 is 1.43. The highest BCUT2D eigenvalue weighted by Crippen LogP contribution is 2.29. The molecule has 2 N–H and O–H groups in total. The van der Waals surface area contributed by atoms with Crippen molar-refractivity contribution in [3.63, 3.8) is 0 Å². The van der Waals surface area contributed by atoms with Crippen LogP contribution in [-0.2, 0) is 15.3 Å². The summed E-state index contributed by atoms with van der Waals surface area (Å²) in [6.07, 6.45) is 0. The lowest BCUT2D eigenvalue weighted by Gasteiger charge is -2.13. The summed E-state index contributed by atoms with van der Waals surface area (Å²) in [5.74, 6) is 0.798. The van der Waals surface area contributed by atoms with E-state index in [0.29, 0.717) is 23.0 Å². The summed E-state index contributed by atoms with van der Waals surface area (Å²) in [6.45, 7) is 1.30. The third-order valence-electron chi connectivity index (χ3n) is 2.68. The molecule has 0 aromatic heterocycles. The van der Waals surface area contributed by atoms with Gasteiger partial charge in [0.1, 0.15) is 6.04 Å². The van der Waals surface area contributed by atoms with Gasteiger partial charge in [-0.05, 0) is 17.7 Å². The molecule has 1 amide bonds. The zero-order valence-corrected chi connectivity index (χ0v) is 13.0. The molecule has 0 fully saturated rings. The molecule has 0 aliphatic heterocycles. The number of carbonyl (C=O) groups is 2. The Kier molecular flexibility index (Phi) is 6.87. The van der Waals surface area contributed by atoms with Crippen molar-refractivity contribution >= 4 is 23.6 Å². The van der Waals surface area contributed by atoms with Crippen LogP contribution in [0.1, 0.15) is 12.5 Å². The van der Waals surface area contributed by atoms with Crippen LogP contribution in [-0.4, -0.2) is 43.0 Å². The molecule has 0 saturated carbocycles. The number of hydrogen-bond acceptors (Lipinski definition) is 5. The van der Waals surface area contributed by atoms with Gasteiger partial charge in [-0.1, -0.05) is 6.07 Å². The normalized spacial score (nSPS) is 11.6. The molecule has 7 heteroatoms. The zero-order chi connectivity index (χ0) is 15.8. The van der Waals surface area contributed by atoms with Crippen molar-refractivity contribution in [2.75, 3.05) is 20.0 Å². The first-order valence-electron chi connectivity index (χ1n) is 6.26. The highest BCUT2D eigenvalue weighted by atomic mass is 32.2. The number of aliphatic carboxylic acids is 1. The van der Waals surface area contributed by atoms with E-state index in [1.54, 1.807) is 20.3 Å². The maximum absolute atomic E-state index is 11.0. The molecule has 21 heavy (non-hydrogen) atoms. The van der Waals surface area contributed by atoms with Crippen molar-refractivity contribution in [2.24, 2.45) is 0 Å². The Morgan fingerprint density at radius 1 is 1.29 bits per heavy atom. The summed E-state index contributed by atoms with van der Waals surface area (Å²) < 4.78 is 10.4. The number of rotatable bonds is 8. The van der Waals surface area contributed by atoms with Gasteiger partial charge in [0.25, 0.3) is 0 Å². The number of carboxylic acids is 1. The monoisotopic (exact) mass is 313 g/mol. The first kappa shape index (κ1) is 17.2. The van der Waals surface area contributed by atoms with Gasteiger partial charge < -0.3 is 19.9 Å². The number of carboxylic acid groups (broad SMARTS) is 1. The van der Waals surface area contributed by atoms with Crippen LogP contribution in [0.4, 0.5) is 0 Å². The van der Waals surface area contributed by atoms with Crippen LogP contribution in [0.3, 0.4) is 0 Å². The predicted molar refractivity (Wildman–Crippen MR) is 80.9 cm³/mol. The average molecular weight is 313 g/mol. The summed E-state index contributed by atoms with van der Waals surface area (Å²) in [4.78, 5) is 21.9. The largest absolute Gasteiger partial charge is 0.493 e. The molecule has 0 unspecified atom stereocenters. The van der Waals surface area contributed by atoms with Crippen molar-refractivity contribution in [1.82, 2.24) is 5.32 Å². The Morgan fingerprint density at radius 3 is 2.48 bits per heavy atom. The van der Waals surface area contributed by atoms with Gasteiger partial charge in [0.05, 0.1) is 14.2 Å². The number of ether oxygens (including phenoxy) is 2. The number of hydrogen-bond donors (Lipinski definition) is 2. The predicted octanol–water partition coefficient (Wildman–Crippen LogP) is 1.53. The van der Waals surface area contributed by atoms with E-state index in [2.05, 4.69) is 5.32 Å². The molecule has 0 radical (unpaired) electrons. The number of amides is 1. The Labute approximate surface area is 127 Å². The van der Waals surface area contributed by atoms with E-state index < -0.39 is 12.0 Å². The molecule has 1 atom stereocenters. The molecule has 0 aliphatic rings. The third-order valence-corrected chi connectivity index (χ3v) is 3.78. The summed E-state index contributed by atoms with van der Waals surface area (Å²) in [5, 5.41) is 11.4. The van der Waals surface area contributed by atoms with Gasteiger partial charge in [0.15, 0.2) is 11.5 Å². The van der Waals surface area contributed by atoms with Crippen LogP contribution in [0.5, 0.6) is 11.5 Å². The number of benzene rings is 1. The number of carbonyl (C=O) groups excluding carboxylic acids is 1. The van der Waals surface area contributed by atoms with Gasteiger partial charge in [0.2, 0.25) is 5.91 Å². The fourth-order valence-electron chi connectivity index (χ4n) is 1.69. The fraction of sp³-hybridized carbons (Fsp3) is 0.429. The van der Waals surface area contributed by atoms with Gasteiger partial charge in [-0.3, -0.25) is 4.79 Å². The van der Waals surface area contributed by atoms with Gasteiger partial charge in [0, 0.05) is 18.4 Å². The Balaban J connectivity index is 2.58. The topological polar surface area (TPSA) is 84.9 Å². The highest BCUT2D eigenvalue weighted by Gasteiger charge is 2.18. The molecule has 0 aliphatic carbocycles. The lowest BCUT2D eigenvalue weighted by Crippen LogP contribution is -2.41. The van der Waals surface area contributed by atoms with Crippen molar-refractivity contribution in [2.45, 2.75) is 18.7 Å². The second kappa shape index (κ2) is 8.41. The molecule has 0 saturated heterocycles. The van der Waals surface area contributed by atoms with E-state index in [0.717, 1.165) is 5.56 Å². The molecule has 116 valence electrons. The van der Waals surface area contributed by atoms with Crippen LogP contribution >= 0.6 is 11.8 Å². The first-order valence-corrected chi connectivity index (χ1v) is 7.42. The van der Waals surface area contributed by atoms with Crippen LogP contribution < -0.4 is 14.8 Å². The van der Waals surface area contributed by atoms with Crippen LogP contribution in [0.2, 0.25) is 0 Å². The fourth-order valence-corrected chi connectivity index (χ4v) is 2.68. The van der Waals surface area contributed by atoms with E-state index in [9.17, 15) is 9.59 Å². The maximum atomic E-state index is 11.0. The Morgan fingerprint density at radius 2 is 1.95 bits per heavy atom. The van der Waals surface area contributed by atoms with Gasteiger partial charge in [-0.25, -0.2) is 4.79 Å².